The van der Waals surface area contributed by atoms with Gasteiger partial charge in [-0.15, -0.1) is 0 Å². The molecule has 0 fully saturated rings. The van der Waals surface area contributed by atoms with Crippen molar-refractivity contribution in [1.82, 2.24) is 5.32 Å². The first-order valence-electron chi connectivity index (χ1n) is 4.64. The third kappa shape index (κ3) is 2.57. The first kappa shape index (κ1) is 10.7. The molecule has 1 N–H and O–H groups in total. The smallest absolute Gasteiger partial charge is 0.141 e. The molecular weight excluding hydrogens is 178 g/mol. The molecule has 0 saturated heterocycles. The van der Waals surface area contributed by atoms with Gasteiger partial charge in [0.05, 0.1) is 13.2 Å². The lowest BCUT2D eigenvalue weighted by Crippen LogP contribution is -2.21. The van der Waals surface area contributed by atoms with Gasteiger partial charge < -0.3 is 14.8 Å². The van der Waals surface area contributed by atoms with Gasteiger partial charge in [0.25, 0.3) is 0 Å². The normalized spacial score (nSPS) is 12.1. The van der Waals surface area contributed by atoms with Crippen LogP contribution in [0.3, 0.4) is 0 Å². The molecule has 0 aliphatic heterocycles. The predicted octanol–water partition coefficient (Wildman–Crippen LogP) is 1.54. The SMILES string of the molecule is CCN[C@H](C=O)c1ccc(OC)cc1. The van der Waals surface area contributed by atoms with Gasteiger partial charge in [0, 0.05) is 0 Å². The first-order valence-corrected chi connectivity index (χ1v) is 4.64. The minimum atomic E-state index is -0.217. The number of hydrogen-bond donors (Lipinski definition) is 1. The van der Waals surface area contributed by atoms with Crippen LogP contribution in [-0.4, -0.2) is 19.9 Å². The lowest BCUT2D eigenvalue weighted by molar-refractivity contribution is -0.109. The highest BCUT2D eigenvalue weighted by molar-refractivity contribution is 5.61. The van der Waals surface area contributed by atoms with Gasteiger partial charge in [-0.2, -0.15) is 0 Å². The molecule has 3 nitrogen and oxygen atoms in total. The van der Waals surface area contributed by atoms with E-state index < -0.39 is 0 Å². The largest absolute Gasteiger partial charge is 0.497 e. The van der Waals surface area contributed by atoms with E-state index in [1.54, 1.807) is 7.11 Å². The van der Waals surface area contributed by atoms with Crippen LogP contribution in [0.4, 0.5) is 0 Å². The van der Waals surface area contributed by atoms with E-state index in [1.807, 2.05) is 31.2 Å². The number of rotatable bonds is 5. The van der Waals surface area contributed by atoms with Gasteiger partial charge in [-0.1, -0.05) is 19.1 Å². The molecule has 0 aliphatic rings. The standard InChI is InChI=1S/C11H15NO2/c1-3-12-11(8-13)9-4-6-10(14-2)7-5-9/h4-8,11-12H,3H2,1-2H3/t11-/m1/s1. The third-order valence-electron chi connectivity index (χ3n) is 2.04. The Balaban J connectivity index is 2.78. The molecule has 1 aromatic rings. The predicted molar refractivity (Wildman–Crippen MR) is 55.5 cm³/mol. The highest BCUT2D eigenvalue weighted by Crippen LogP contribution is 2.15. The van der Waals surface area contributed by atoms with E-state index in [4.69, 9.17) is 4.74 Å². The van der Waals surface area contributed by atoms with Gasteiger partial charge in [-0.3, -0.25) is 0 Å². The zero-order valence-electron chi connectivity index (χ0n) is 8.49. The molecule has 1 rings (SSSR count). The van der Waals surface area contributed by atoms with Gasteiger partial charge in [0.15, 0.2) is 0 Å². The van der Waals surface area contributed by atoms with Gasteiger partial charge in [-0.25, -0.2) is 0 Å². The molecule has 0 spiro atoms. The summed E-state index contributed by atoms with van der Waals surface area (Å²) in [4.78, 5) is 10.8. The zero-order chi connectivity index (χ0) is 10.4. The molecule has 0 radical (unpaired) electrons. The molecule has 76 valence electrons. The molecule has 1 atom stereocenters. The number of carbonyl (C=O) groups excluding carboxylic acids is 1. The average molecular weight is 193 g/mol. The van der Waals surface area contributed by atoms with Crippen LogP contribution in [0, 0.1) is 0 Å². The number of likely N-dealkylation sites (N-methyl/N-ethyl adjacent to an activating group) is 1. The van der Waals surface area contributed by atoms with Crippen molar-refractivity contribution in [3.05, 3.63) is 29.8 Å². The molecule has 0 aliphatic carbocycles. The minimum Gasteiger partial charge on any atom is -0.497 e. The van der Waals surface area contributed by atoms with Crippen molar-refractivity contribution in [3.63, 3.8) is 0 Å². The fraction of sp³-hybridized carbons (Fsp3) is 0.364. The van der Waals surface area contributed by atoms with Crippen molar-refractivity contribution in [2.24, 2.45) is 0 Å². The Morgan fingerprint density at radius 3 is 2.50 bits per heavy atom. The zero-order valence-corrected chi connectivity index (χ0v) is 8.49. The van der Waals surface area contributed by atoms with Crippen LogP contribution >= 0.6 is 0 Å². The summed E-state index contributed by atoms with van der Waals surface area (Å²) in [7, 11) is 1.62. The molecule has 0 heterocycles. The Morgan fingerprint density at radius 2 is 2.07 bits per heavy atom. The second-order valence-electron chi connectivity index (χ2n) is 2.94. The maximum absolute atomic E-state index is 10.8. The molecule has 0 aromatic heterocycles. The van der Waals surface area contributed by atoms with Gasteiger partial charge in [0.2, 0.25) is 0 Å². The summed E-state index contributed by atoms with van der Waals surface area (Å²) in [6.45, 7) is 2.75. The number of ether oxygens (including phenoxy) is 1. The third-order valence-corrected chi connectivity index (χ3v) is 2.04. The van der Waals surface area contributed by atoms with Crippen molar-refractivity contribution in [1.29, 1.82) is 0 Å². The van der Waals surface area contributed by atoms with Crippen molar-refractivity contribution >= 4 is 6.29 Å². The topological polar surface area (TPSA) is 38.3 Å². The summed E-state index contributed by atoms with van der Waals surface area (Å²) in [6, 6.07) is 7.26. The summed E-state index contributed by atoms with van der Waals surface area (Å²) in [5.74, 6) is 0.801. The number of methoxy groups -OCH3 is 1. The van der Waals surface area contributed by atoms with Crippen molar-refractivity contribution in [2.75, 3.05) is 13.7 Å². The molecule has 3 heteroatoms. The van der Waals surface area contributed by atoms with E-state index in [1.165, 1.54) is 0 Å². The summed E-state index contributed by atoms with van der Waals surface area (Å²) < 4.78 is 5.03. The van der Waals surface area contributed by atoms with Crippen LogP contribution in [0.15, 0.2) is 24.3 Å². The van der Waals surface area contributed by atoms with Crippen molar-refractivity contribution in [2.45, 2.75) is 13.0 Å². The first-order chi connectivity index (χ1) is 6.81. The Labute approximate surface area is 84.1 Å². The lowest BCUT2D eigenvalue weighted by Gasteiger charge is -2.11. The summed E-state index contributed by atoms with van der Waals surface area (Å²) in [5, 5.41) is 3.08. The summed E-state index contributed by atoms with van der Waals surface area (Å²) in [5.41, 5.74) is 0.961. The summed E-state index contributed by atoms with van der Waals surface area (Å²) in [6.07, 6.45) is 0.908. The summed E-state index contributed by atoms with van der Waals surface area (Å²) >= 11 is 0. The van der Waals surface area contributed by atoms with E-state index in [0.717, 1.165) is 24.1 Å². The van der Waals surface area contributed by atoms with Crippen molar-refractivity contribution < 1.29 is 9.53 Å². The molecule has 0 unspecified atom stereocenters. The van der Waals surface area contributed by atoms with E-state index in [9.17, 15) is 4.79 Å². The number of aldehydes is 1. The van der Waals surface area contributed by atoms with Gasteiger partial charge in [0.1, 0.15) is 12.0 Å². The number of benzene rings is 1. The quantitative estimate of drug-likeness (QED) is 0.721. The highest BCUT2D eigenvalue weighted by atomic mass is 16.5. The maximum Gasteiger partial charge on any atom is 0.141 e. The highest BCUT2D eigenvalue weighted by Gasteiger charge is 2.07. The number of hydrogen-bond acceptors (Lipinski definition) is 3. The van der Waals surface area contributed by atoms with Crippen molar-refractivity contribution in [3.8, 4) is 5.75 Å². The van der Waals surface area contributed by atoms with Crippen LogP contribution in [0.25, 0.3) is 0 Å². The van der Waals surface area contributed by atoms with Gasteiger partial charge >= 0.3 is 0 Å². The Hall–Kier alpha value is -1.35. The van der Waals surface area contributed by atoms with Crippen LogP contribution in [0.5, 0.6) is 5.75 Å². The maximum atomic E-state index is 10.8. The second-order valence-corrected chi connectivity index (χ2v) is 2.94. The van der Waals surface area contributed by atoms with E-state index in [-0.39, 0.29) is 6.04 Å². The molecule has 0 saturated carbocycles. The monoisotopic (exact) mass is 193 g/mol. The lowest BCUT2D eigenvalue weighted by atomic mass is 10.1. The minimum absolute atomic E-state index is 0.217. The van der Waals surface area contributed by atoms with E-state index in [0.29, 0.717) is 0 Å². The molecule has 14 heavy (non-hydrogen) atoms. The number of nitrogens with one attached hydrogen (secondary N) is 1. The molecule has 1 aromatic carbocycles. The van der Waals surface area contributed by atoms with Crippen LogP contribution < -0.4 is 10.1 Å². The van der Waals surface area contributed by atoms with Crippen LogP contribution in [0.1, 0.15) is 18.5 Å². The Bertz CT molecular complexity index is 282. The van der Waals surface area contributed by atoms with Crippen LogP contribution in [0.2, 0.25) is 0 Å². The number of carbonyl (C=O) groups is 1. The fourth-order valence-electron chi connectivity index (χ4n) is 1.28. The van der Waals surface area contributed by atoms with Crippen LogP contribution in [-0.2, 0) is 4.79 Å². The fourth-order valence-corrected chi connectivity index (χ4v) is 1.28. The Kier molecular flexibility index (Phi) is 4.13. The molecular formula is C11H15NO2. The molecule has 0 bridgehead atoms. The Morgan fingerprint density at radius 1 is 1.43 bits per heavy atom. The van der Waals surface area contributed by atoms with E-state index in [2.05, 4.69) is 5.32 Å². The second kappa shape index (κ2) is 5.40. The molecule has 0 amide bonds. The van der Waals surface area contributed by atoms with E-state index >= 15 is 0 Å². The average Bonchev–Trinajstić information content (AvgIpc) is 2.26. The van der Waals surface area contributed by atoms with Gasteiger partial charge in [-0.05, 0) is 24.2 Å².